The number of rotatable bonds is 8. The average molecular weight is 422 g/mol. The van der Waals surface area contributed by atoms with E-state index in [0.717, 1.165) is 11.1 Å². The maximum atomic E-state index is 12.7. The number of aryl methyl sites for hydroxylation is 2. The summed E-state index contributed by atoms with van der Waals surface area (Å²) >= 11 is 0. The van der Waals surface area contributed by atoms with Gasteiger partial charge in [0.15, 0.2) is 0 Å². The van der Waals surface area contributed by atoms with E-state index in [1.54, 1.807) is 44.8 Å². The van der Waals surface area contributed by atoms with E-state index in [1.807, 2.05) is 42.8 Å². The summed E-state index contributed by atoms with van der Waals surface area (Å²) in [5.74, 6) is 1.17. The molecule has 8 heteroatoms. The summed E-state index contributed by atoms with van der Waals surface area (Å²) in [5, 5.41) is 5.63. The Balaban J connectivity index is 1.80. The number of carbonyl (C=O) groups is 2. The molecular formula is C23H26N4O4. The van der Waals surface area contributed by atoms with Crippen LogP contribution in [0.1, 0.15) is 33.4 Å². The largest absolute Gasteiger partial charge is 0.497 e. The van der Waals surface area contributed by atoms with Crippen LogP contribution in [0.2, 0.25) is 0 Å². The maximum absolute atomic E-state index is 12.7. The van der Waals surface area contributed by atoms with Crippen molar-refractivity contribution in [2.75, 3.05) is 20.8 Å². The van der Waals surface area contributed by atoms with Crippen LogP contribution in [0, 0.1) is 6.92 Å². The van der Waals surface area contributed by atoms with Gasteiger partial charge in [0.1, 0.15) is 23.4 Å². The van der Waals surface area contributed by atoms with E-state index >= 15 is 0 Å². The number of ether oxygens (including phenoxy) is 2. The molecule has 2 aromatic carbocycles. The molecule has 0 bridgehead atoms. The molecule has 0 aliphatic rings. The molecule has 162 valence electrons. The van der Waals surface area contributed by atoms with Gasteiger partial charge in [-0.25, -0.2) is 4.98 Å². The van der Waals surface area contributed by atoms with Crippen LogP contribution in [0.25, 0.3) is 0 Å². The minimum Gasteiger partial charge on any atom is -0.497 e. The molecule has 0 fully saturated rings. The molecule has 0 saturated carbocycles. The van der Waals surface area contributed by atoms with Crippen molar-refractivity contribution in [3.8, 4) is 11.5 Å². The first kappa shape index (κ1) is 21.9. The summed E-state index contributed by atoms with van der Waals surface area (Å²) in [4.78, 5) is 29.6. The van der Waals surface area contributed by atoms with E-state index in [2.05, 4.69) is 15.6 Å². The Kier molecular flexibility index (Phi) is 6.92. The first-order valence-corrected chi connectivity index (χ1v) is 9.76. The summed E-state index contributed by atoms with van der Waals surface area (Å²) in [7, 11) is 4.97. The molecule has 8 nitrogen and oxygen atoms in total. The highest BCUT2D eigenvalue weighted by Crippen LogP contribution is 2.29. The van der Waals surface area contributed by atoms with Crippen LogP contribution in [0.5, 0.6) is 11.5 Å². The van der Waals surface area contributed by atoms with Gasteiger partial charge < -0.3 is 24.7 Å². The Morgan fingerprint density at radius 2 is 1.77 bits per heavy atom. The standard InChI is InChI=1S/C23H26N4O4/c1-15-7-5-6-8-19(15)23(29)25-14-20(28)26-21(22-24-9-10-27(22)2)16-11-17(30-3)13-18(12-16)31-4/h5-13,21H,14H2,1-4H3,(H,25,29)(H,26,28). The number of nitrogens with one attached hydrogen (secondary N) is 2. The van der Waals surface area contributed by atoms with E-state index in [9.17, 15) is 9.59 Å². The smallest absolute Gasteiger partial charge is 0.251 e. The highest BCUT2D eigenvalue weighted by atomic mass is 16.5. The zero-order valence-electron chi connectivity index (χ0n) is 18.0. The predicted molar refractivity (Wildman–Crippen MR) is 116 cm³/mol. The predicted octanol–water partition coefficient (Wildman–Crippen LogP) is 2.38. The van der Waals surface area contributed by atoms with Crippen molar-refractivity contribution in [1.82, 2.24) is 20.2 Å². The SMILES string of the molecule is COc1cc(OC)cc(C(NC(=O)CNC(=O)c2ccccc2C)c2nccn2C)c1. The number of benzene rings is 2. The van der Waals surface area contributed by atoms with Gasteiger partial charge in [0.05, 0.1) is 20.8 Å². The fourth-order valence-corrected chi connectivity index (χ4v) is 3.24. The summed E-state index contributed by atoms with van der Waals surface area (Å²) in [6.07, 6.45) is 3.46. The maximum Gasteiger partial charge on any atom is 0.251 e. The molecular weight excluding hydrogens is 396 g/mol. The Labute approximate surface area is 181 Å². The number of imidazole rings is 1. The van der Waals surface area contributed by atoms with Crippen LogP contribution in [0.4, 0.5) is 0 Å². The van der Waals surface area contributed by atoms with Gasteiger partial charge in [-0.2, -0.15) is 0 Å². The second kappa shape index (κ2) is 9.80. The van der Waals surface area contributed by atoms with E-state index in [1.165, 1.54) is 0 Å². The lowest BCUT2D eigenvalue weighted by Gasteiger charge is -2.21. The van der Waals surface area contributed by atoms with Crippen molar-refractivity contribution in [1.29, 1.82) is 0 Å². The molecule has 2 amide bonds. The van der Waals surface area contributed by atoms with Gasteiger partial charge in [0.2, 0.25) is 5.91 Å². The zero-order valence-corrected chi connectivity index (χ0v) is 18.0. The van der Waals surface area contributed by atoms with Gasteiger partial charge in [-0.15, -0.1) is 0 Å². The van der Waals surface area contributed by atoms with Crippen molar-refractivity contribution in [3.63, 3.8) is 0 Å². The quantitative estimate of drug-likeness (QED) is 0.581. The minimum absolute atomic E-state index is 0.171. The fraction of sp³-hybridized carbons (Fsp3) is 0.261. The Morgan fingerprint density at radius 1 is 1.10 bits per heavy atom. The van der Waals surface area contributed by atoms with Crippen LogP contribution in [-0.2, 0) is 11.8 Å². The van der Waals surface area contributed by atoms with Crippen molar-refractivity contribution >= 4 is 11.8 Å². The van der Waals surface area contributed by atoms with Gasteiger partial charge in [-0.3, -0.25) is 9.59 Å². The lowest BCUT2D eigenvalue weighted by atomic mass is 10.0. The third-order valence-electron chi connectivity index (χ3n) is 4.93. The van der Waals surface area contributed by atoms with E-state index in [4.69, 9.17) is 9.47 Å². The Morgan fingerprint density at radius 3 is 2.35 bits per heavy atom. The van der Waals surface area contributed by atoms with Gasteiger partial charge in [0.25, 0.3) is 5.91 Å². The Hall–Kier alpha value is -3.81. The topological polar surface area (TPSA) is 94.5 Å². The van der Waals surface area contributed by atoms with Crippen LogP contribution in [0.3, 0.4) is 0 Å². The lowest BCUT2D eigenvalue weighted by Crippen LogP contribution is -2.39. The number of nitrogens with zero attached hydrogens (tertiary/aromatic N) is 2. The molecule has 1 heterocycles. The van der Waals surface area contributed by atoms with Gasteiger partial charge in [-0.1, -0.05) is 18.2 Å². The molecule has 1 unspecified atom stereocenters. The first-order valence-electron chi connectivity index (χ1n) is 9.76. The minimum atomic E-state index is -0.563. The number of hydrogen-bond acceptors (Lipinski definition) is 5. The van der Waals surface area contributed by atoms with Crippen LogP contribution >= 0.6 is 0 Å². The molecule has 0 radical (unpaired) electrons. The molecule has 1 atom stereocenters. The number of methoxy groups -OCH3 is 2. The molecule has 2 N–H and O–H groups in total. The highest BCUT2D eigenvalue weighted by Gasteiger charge is 2.23. The normalized spacial score (nSPS) is 11.5. The van der Waals surface area contributed by atoms with Crippen LogP contribution in [0.15, 0.2) is 54.9 Å². The van der Waals surface area contributed by atoms with Gasteiger partial charge in [-0.05, 0) is 36.2 Å². The summed E-state index contributed by atoms with van der Waals surface area (Å²) in [6.45, 7) is 1.68. The molecule has 0 aliphatic carbocycles. The lowest BCUT2D eigenvalue weighted by molar-refractivity contribution is -0.120. The zero-order chi connectivity index (χ0) is 22.4. The molecule has 3 rings (SSSR count). The average Bonchev–Trinajstić information content (AvgIpc) is 3.21. The summed E-state index contributed by atoms with van der Waals surface area (Å²) in [5.41, 5.74) is 2.12. The number of amides is 2. The molecule has 0 spiro atoms. The molecule has 0 saturated heterocycles. The summed E-state index contributed by atoms with van der Waals surface area (Å²) in [6, 6.07) is 12.0. The van der Waals surface area contributed by atoms with Crippen molar-refractivity contribution < 1.29 is 19.1 Å². The van der Waals surface area contributed by atoms with Gasteiger partial charge in [0, 0.05) is 31.1 Å². The molecule has 3 aromatic rings. The number of carbonyl (C=O) groups excluding carboxylic acids is 2. The Bertz CT molecular complexity index is 1050. The van der Waals surface area contributed by atoms with Crippen molar-refractivity contribution in [2.45, 2.75) is 13.0 Å². The van der Waals surface area contributed by atoms with Crippen LogP contribution in [-0.4, -0.2) is 42.1 Å². The van der Waals surface area contributed by atoms with Crippen molar-refractivity contribution in [3.05, 3.63) is 77.4 Å². The third-order valence-corrected chi connectivity index (χ3v) is 4.93. The van der Waals surface area contributed by atoms with Gasteiger partial charge >= 0.3 is 0 Å². The third kappa shape index (κ3) is 5.22. The summed E-state index contributed by atoms with van der Waals surface area (Å²) < 4.78 is 12.5. The highest BCUT2D eigenvalue weighted by molar-refractivity contribution is 5.97. The van der Waals surface area contributed by atoms with E-state index < -0.39 is 6.04 Å². The van der Waals surface area contributed by atoms with E-state index in [0.29, 0.717) is 22.9 Å². The van der Waals surface area contributed by atoms with E-state index in [-0.39, 0.29) is 18.4 Å². The fourth-order valence-electron chi connectivity index (χ4n) is 3.24. The molecule has 31 heavy (non-hydrogen) atoms. The second-order valence-corrected chi connectivity index (χ2v) is 7.04. The van der Waals surface area contributed by atoms with Crippen LogP contribution < -0.4 is 20.1 Å². The molecule has 1 aromatic heterocycles. The number of hydrogen-bond donors (Lipinski definition) is 2. The number of aromatic nitrogens is 2. The monoisotopic (exact) mass is 422 g/mol. The van der Waals surface area contributed by atoms with Crippen molar-refractivity contribution in [2.24, 2.45) is 7.05 Å². The second-order valence-electron chi connectivity index (χ2n) is 7.04. The first-order chi connectivity index (χ1) is 14.9. The molecule has 0 aliphatic heterocycles.